The van der Waals surface area contributed by atoms with Crippen molar-refractivity contribution in [2.24, 2.45) is 0 Å². The highest BCUT2D eigenvalue weighted by Gasteiger charge is 2.44. The van der Waals surface area contributed by atoms with E-state index in [9.17, 15) is 4.79 Å². The van der Waals surface area contributed by atoms with Gasteiger partial charge in [-0.15, -0.1) is 0 Å². The molecule has 0 saturated heterocycles. The van der Waals surface area contributed by atoms with Crippen molar-refractivity contribution in [1.82, 2.24) is 19.9 Å². The lowest BCUT2D eigenvalue weighted by atomic mass is 9.92. The minimum Gasteiger partial charge on any atom is -0.491 e. The molecule has 2 heterocycles. The standard InChI is InChI=1S/C31H35ClN6O3/c1-5-28(39)36-25-16-22-24(17-27(25)40-15-13-31(11-12-31)38(3)4)34-20-35-29(22)37-30(2)10-9-26(23(32)18-30)41-19-21-8-6-7-14-33-21/h5-9,14,16-18,20H,1,10-13,15,19H2,2-4H3,(H,36,39)(H,34,35,37). The first-order valence-electron chi connectivity index (χ1n) is 13.6. The Balaban J connectivity index is 1.35. The number of benzene rings is 1. The molecule has 0 aliphatic heterocycles. The first kappa shape index (κ1) is 28.6. The number of allylic oxidation sites excluding steroid dienone is 1. The minimum absolute atomic E-state index is 0.197. The molecule has 1 saturated carbocycles. The second kappa shape index (κ2) is 11.9. The Hall–Kier alpha value is -3.95. The van der Waals surface area contributed by atoms with Crippen LogP contribution in [0.25, 0.3) is 10.9 Å². The highest BCUT2D eigenvalue weighted by Crippen LogP contribution is 2.43. The Morgan fingerprint density at radius 1 is 1.20 bits per heavy atom. The molecule has 0 spiro atoms. The number of hydrogen-bond acceptors (Lipinski definition) is 8. The van der Waals surface area contributed by atoms with Gasteiger partial charge in [0.1, 0.15) is 30.3 Å². The van der Waals surface area contributed by atoms with Crippen LogP contribution in [-0.2, 0) is 16.1 Å². The topological polar surface area (TPSA) is 102 Å². The van der Waals surface area contributed by atoms with Crippen molar-refractivity contribution in [3.8, 4) is 5.75 Å². The minimum atomic E-state index is -0.541. The number of halogens is 1. The quantitative estimate of drug-likeness (QED) is 0.261. The summed E-state index contributed by atoms with van der Waals surface area (Å²) in [6.45, 7) is 6.47. The summed E-state index contributed by atoms with van der Waals surface area (Å²) in [5.41, 5.74) is 1.70. The zero-order chi connectivity index (χ0) is 29.0. The average Bonchev–Trinajstić information content (AvgIpc) is 3.75. The number of carbonyl (C=O) groups is 1. The van der Waals surface area contributed by atoms with Crippen molar-refractivity contribution in [1.29, 1.82) is 0 Å². The molecule has 9 nitrogen and oxygen atoms in total. The number of ether oxygens (including phenoxy) is 2. The molecule has 2 N–H and O–H groups in total. The number of hydrogen-bond donors (Lipinski definition) is 2. The molecule has 1 unspecified atom stereocenters. The molecule has 2 aromatic heterocycles. The molecule has 10 heteroatoms. The van der Waals surface area contributed by atoms with Crippen LogP contribution in [-0.4, -0.2) is 57.5 Å². The molecule has 5 rings (SSSR count). The number of pyridine rings is 1. The molecule has 41 heavy (non-hydrogen) atoms. The SMILES string of the molecule is C=CC(=O)Nc1cc2c(NC3(C)C=C(Cl)C(OCc4ccccn4)=CC3)ncnc2cc1OCCC1(N(C)C)CC1. The fourth-order valence-corrected chi connectivity index (χ4v) is 5.31. The lowest BCUT2D eigenvalue weighted by molar-refractivity contribution is -0.111. The molecular weight excluding hydrogens is 540 g/mol. The van der Waals surface area contributed by atoms with Gasteiger partial charge in [0.2, 0.25) is 5.91 Å². The molecule has 3 aromatic rings. The highest BCUT2D eigenvalue weighted by atomic mass is 35.5. The summed E-state index contributed by atoms with van der Waals surface area (Å²) >= 11 is 6.64. The molecule has 1 atom stereocenters. The zero-order valence-corrected chi connectivity index (χ0v) is 24.4. The van der Waals surface area contributed by atoms with E-state index in [0.29, 0.717) is 53.2 Å². The van der Waals surface area contributed by atoms with E-state index < -0.39 is 5.54 Å². The van der Waals surface area contributed by atoms with Crippen molar-refractivity contribution >= 4 is 39.9 Å². The van der Waals surface area contributed by atoms with Crippen molar-refractivity contribution in [2.45, 2.75) is 50.3 Å². The molecule has 0 bridgehead atoms. The van der Waals surface area contributed by atoms with Crippen molar-refractivity contribution < 1.29 is 14.3 Å². The summed E-state index contributed by atoms with van der Waals surface area (Å²) in [4.78, 5) is 27.8. The number of rotatable bonds is 12. The fraction of sp³-hybridized carbons (Fsp3) is 0.355. The van der Waals surface area contributed by atoms with E-state index in [0.717, 1.165) is 30.3 Å². The average molecular weight is 575 g/mol. The van der Waals surface area contributed by atoms with Gasteiger partial charge in [-0.25, -0.2) is 9.97 Å². The van der Waals surface area contributed by atoms with Gasteiger partial charge in [0.15, 0.2) is 0 Å². The van der Waals surface area contributed by atoms with E-state index in [1.54, 1.807) is 6.20 Å². The van der Waals surface area contributed by atoms with Gasteiger partial charge in [-0.2, -0.15) is 0 Å². The summed E-state index contributed by atoms with van der Waals surface area (Å²) < 4.78 is 12.1. The van der Waals surface area contributed by atoms with E-state index in [2.05, 4.69) is 51.2 Å². The molecule has 2 aliphatic rings. The predicted molar refractivity (Wildman–Crippen MR) is 162 cm³/mol. The number of anilines is 2. The summed E-state index contributed by atoms with van der Waals surface area (Å²) in [5.74, 6) is 1.44. The Morgan fingerprint density at radius 2 is 2.02 bits per heavy atom. The van der Waals surface area contributed by atoms with E-state index in [1.165, 1.54) is 12.4 Å². The maximum atomic E-state index is 12.3. The second-order valence-corrected chi connectivity index (χ2v) is 11.3. The van der Waals surface area contributed by atoms with Crippen LogP contribution in [0.1, 0.15) is 38.3 Å². The number of nitrogens with zero attached hydrogens (tertiary/aromatic N) is 4. The zero-order valence-electron chi connectivity index (χ0n) is 23.6. The highest BCUT2D eigenvalue weighted by molar-refractivity contribution is 6.32. The van der Waals surface area contributed by atoms with Crippen molar-refractivity contribution in [3.05, 3.63) is 84.1 Å². The molecule has 2 aliphatic carbocycles. The normalized spacial score (nSPS) is 19.2. The van der Waals surface area contributed by atoms with Gasteiger partial charge < -0.3 is 25.0 Å². The largest absolute Gasteiger partial charge is 0.491 e. The number of fused-ring (bicyclic) bond motifs is 1. The van der Waals surface area contributed by atoms with E-state index in [-0.39, 0.29) is 11.4 Å². The van der Waals surface area contributed by atoms with Crippen LogP contribution in [0.15, 0.2) is 78.5 Å². The molecular formula is C31H35ClN6O3. The monoisotopic (exact) mass is 574 g/mol. The van der Waals surface area contributed by atoms with Crippen LogP contribution in [0, 0.1) is 0 Å². The van der Waals surface area contributed by atoms with Crippen LogP contribution >= 0.6 is 11.6 Å². The number of aromatic nitrogens is 3. The Bertz CT molecular complexity index is 1500. The molecule has 214 valence electrons. The van der Waals surface area contributed by atoms with E-state index in [1.807, 2.05) is 49.4 Å². The lowest BCUT2D eigenvalue weighted by Gasteiger charge is -2.31. The molecule has 0 radical (unpaired) electrons. The molecule has 1 aromatic carbocycles. The summed E-state index contributed by atoms with van der Waals surface area (Å²) in [6.07, 6.45) is 12.2. The van der Waals surface area contributed by atoms with Gasteiger partial charge in [0.25, 0.3) is 0 Å². The van der Waals surface area contributed by atoms with E-state index >= 15 is 0 Å². The van der Waals surface area contributed by atoms with Gasteiger partial charge in [0.05, 0.1) is 34.1 Å². The summed E-state index contributed by atoms with van der Waals surface area (Å²) in [6, 6.07) is 9.36. The van der Waals surface area contributed by atoms with Crippen LogP contribution in [0.4, 0.5) is 11.5 Å². The summed E-state index contributed by atoms with van der Waals surface area (Å²) in [5, 5.41) is 7.63. The van der Waals surface area contributed by atoms with Gasteiger partial charge in [-0.3, -0.25) is 9.78 Å². The molecule has 1 fully saturated rings. The third-order valence-corrected chi connectivity index (χ3v) is 7.97. The first-order valence-corrected chi connectivity index (χ1v) is 14.0. The molecule has 1 amide bonds. The maximum absolute atomic E-state index is 12.3. The third kappa shape index (κ3) is 6.69. The second-order valence-electron chi connectivity index (χ2n) is 10.9. The summed E-state index contributed by atoms with van der Waals surface area (Å²) in [7, 11) is 4.20. The van der Waals surface area contributed by atoms with Gasteiger partial charge in [-0.05, 0) is 83.1 Å². The van der Waals surface area contributed by atoms with E-state index in [4.69, 9.17) is 21.1 Å². The Morgan fingerprint density at radius 3 is 2.71 bits per heavy atom. The van der Waals surface area contributed by atoms with Gasteiger partial charge in [0, 0.05) is 23.2 Å². The Kier molecular flexibility index (Phi) is 8.28. The maximum Gasteiger partial charge on any atom is 0.247 e. The number of carbonyl (C=O) groups excluding carboxylic acids is 1. The van der Waals surface area contributed by atoms with Crippen LogP contribution in [0.5, 0.6) is 5.75 Å². The van der Waals surface area contributed by atoms with Crippen LogP contribution < -0.4 is 15.4 Å². The van der Waals surface area contributed by atoms with Crippen molar-refractivity contribution in [2.75, 3.05) is 31.3 Å². The lowest BCUT2D eigenvalue weighted by Crippen LogP contribution is -2.34. The Labute approximate surface area is 245 Å². The van der Waals surface area contributed by atoms with Crippen molar-refractivity contribution in [3.63, 3.8) is 0 Å². The number of nitrogens with one attached hydrogen (secondary N) is 2. The third-order valence-electron chi connectivity index (χ3n) is 7.68. The van der Waals surface area contributed by atoms with Gasteiger partial charge >= 0.3 is 0 Å². The smallest absolute Gasteiger partial charge is 0.247 e. The predicted octanol–water partition coefficient (Wildman–Crippen LogP) is 5.81. The van der Waals surface area contributed by atoms with Crippen LogP contribution in [0.2, 0.25) is 0 Å². The first-order chi connectivity index (χ1) is 19.7. The van der Waals surface area contributed by atoms with Crippen LogP contribution in [0.3, 0.4) is 0 Å². The number of amides is 1. The fourth-order valence-electron chi connectivity index (χ4n) is 4.93. The van der Waals surface area contributed by atoms with Gasteiger partial charge in [-0.1, -0.05) is 24.2 Å².